The van der Waals surface area contributed by atoms with Gasteiger partial charge in [0.15, 0.2) is 0 Å². The number of nitrogens with one attached hydrogen (secondary N) is 1. The number of likely N-dealkylation sites (N-methyl/N-ethyl adjacent to an activating group) is 1. The second-order valence-corrected chi connectivity index (χ2v) is 11.1. The lowest BCUT2D eigenvalue weighted by molar-refractivity contribution is -0.189. The number of benzene rings is 2. The van der Waals surface area contributed by atoms with Gasteiger partial charge in [-0.25, -0.2) is 14.8 Å². The number of carbonyl (C=O) groups is 3. The molecule has 0 spiro atoms. The summed E-state index contributed by atoms with van der Waals surface area (Å²) in [5.41, 5.74) is 1.99. The predicted molar refractivity (Wildman–Crippen MR) is 149 cm³/mol. The van der Waals surface area contributed by atoms with Crippen LogP contribution in [0.5, 0.6) is 0 Å². The van der Waals surface area contributed by atoms with Crippen molar-refractivity contribution in [1.82, 2.24) is 25.1 Å². The Morgan fingerprint density at radius 3 is 2.39 bits per heavy atom. The highest BCUT2D eigenvalue weighted by atomic mass is 32.2. The minimum absolute atomic E-state index is 0.0380. The van der Waals surface area contributed by atoms with Gasteiger partial charge in [0.25, 0.3) is 0 Å². The van der Waals surface area contributed by atoms with E-state index in [1.165, 1.54) is 0 Å². The maximum atomic E-state index is 13.9. The number of urea groups is 1. The lowest BCUT2D eigenvalue weighted by Crippen LogP contribution is -2.76. The monoisotopic (exact) mass is 533 g/mol. The summed E-state index contributed by atoms with van der Waals surface area (Å²) in [4.78, 5) is 44.5. The Bertz CT molecular complexity index is 1150. The van der Waals surface area contributed by atoms with E-state index in [1.54, 1.807) is 26.7 Å². The molecule has 0 radical (unpaired) electrons. The summed E-state index contributed by atoms with van der Waals surface area (Å²) in [6.07, 6.45) is 3.91. The van der Waals surface area contributed by atoms with E-state index in [2.05, 4.69) is 16.8 Å². The maximum absolute atomic E-state index is 13.9. The van der Waals surface area contributed by atoms with Crippen LogP contribution in [0.2, 0.25) is 0 Å². The summed E-state index contributed by atoms with van der Waals surface area (Å²) in [7, 11) is 0. The SMILES string of the molecule is CCN1CC(=O)N2[C@@H](Cc3ccccc3)C(=O)N(CCC3CC=CS3)C[C@@H]2N1C(=O)NCc1ccccc1. The smallest absolute Gasteiger partial charge is 0.334 e. The fourth-order valence-corrected chi connectivity index (χ4v) is 6.38. The van der Waals surface area contributed by atoms with Crippen LogP contribution < -0.4 is 5.32 Å². The lowest BCUT2D eigenvalue weighted by atomic mass is 9.98. The fourth-order valence-electron chi connectivity index (χ4n) is 5.47. The molecular weight excluding hydrogens is 498 g/mol. The van der Waals surface area contributed by atoms with Crippen molar-refractivity contribution >= 4 is 29.6 Å². The van der Waals surface area contributed by atoms with Crippen LogP contribution in [-0.2, 0) is 22.6 Å². The van der Waals surface area contributed by atoms with Crippen molar-refractivity contribution in [3.05, 3.63) is 83.3 Å². The molecule has 38 heavy (non-hydrogen) atoms. The summed E-state index contributed by atoms with van der Waals surface area (Å²) in [5.74, 6) is -0.155. The third-order valence-electron chi connectivity index (χ3n) is 7.45. The minimum Gasteiger partial charge on any atom is -0.337 e. The van der Waals surface area contributed by atoms with E-state index >= 15 is 0 Å². The van der Waals surface area contributed by atoms with E-state index in [0.717, 1.165) is 24.0 Å². The van der Waals surface area contributed by atoms with E-state index in [-0.39, 0.29) is 24.4 Å². The third-order valence-corrected chi connectivity index (χ3v) is 8.61. The quantitative estimate of drug-likeness (QED) is 0.563. The van der Waals surface area contributed by atoms with Crippen LogP contribution in [0.1, 0.15) is 30.9 Å². The number of hydrogen-bond donors (Lipinski definition) is 1. The van der Waals surface area contributed by atoms with Crippen molar-refractivity contribution in [2.75, 3.05) is 26.2 Å². The Morgan fingerprint density at radius 1 is 1.03 bits per heavy atom. The molecule has 4 amide bonds. The Balaban J connectivity index is 1.41. The van der Waals surface area contributed by atoms with E-state index in [1.807, 2.05) is 72.5 Å². The van der Waals surface area contributed by atoms with E-state index in [4.69, 9.17) is 0 Å². The molecule has 0 bridgehead atoms. The molecule has 2 fully saturated rings. The first-order chi connectivity index (χ1) is 18.5. The van der Waals surface area contributed by atoms with Crippen LogP contribution in [0, 0.1) is 0 Å². The summed E-state index contributed by atoms with van der Waals surface area (Å²) in [5, 5.41) is 9.10. The van der Waals surface area contributed by atoms with Gasteiger partial charge in [-0.05, 0) is 29.4 Å². The average Bonchev–Trinajstić information content (AvgIpc) is 3.47. The molecule has 3 aliphatic heterocycles. The molecule has 5 rings (SSSR count). The molecule has 0 saturated carbocycles. The zero-order valence-corrected chi connectivity index (χ0v) is 22.6. The highest BCUT2D eigenvalue weighted by Gasteiger charge is 2.51. The standard InChI is InChI=1S/C29H35N5O3S/c1-2-32-21-27(35)33-25(18-22-10-5-3-6-11-22)28(36)31(16-15-24-14-9-17-38-24)20-26(33)34(32)29(37)30-19-23-12-7-4-8-13-23/h3-13,17,24-26H,2,14-16,18-21H2,1H3,(H,30,37)/t24?,25-,26-/m0/s1. The molecular formula is C29H35N5O3S. The number of nitrogens with zero attached hydrogens (tertiary/aromatic N) is 4. The van der Waals surface area contributed by atoms with Gasteiger partial charge in [0.1, 0.15) is 12.2 Å². The van der Waals surface area contributed by atoms with Crippen LogP contribution >= 0.6 is 11.8 Å². The molecule has 3 heterocycles. The van der Waals surface area contributed by atoms with Crippen LogP contribution in [0.3, 0.4) is 0 Å². The van der Waals surface area contributed by atoms with E-state index < -0.39 is 12.2 Å². The Kier molecular flexibility index (Phi) is 8.34. The summed E-state index contributed by atoms with van der Waals surface area (Å²) in [6, 6.07) is 18.7. The van der Waals surface area contributed by atoms with Gasteiger partial charge in [-0.15, -0.1) is 11.8 Å². The summed E-state index contributed by atoms with van der Waals surface area (Å²) < 4.78 is 0. The molecule has 8 nitrogen and oxygen atoms in total. The van der Waals surface area contributed by atoms with Gasteiger partial charge >= 0.3 is 6.03 Å². The van der Waals surface area contributed by atoms with Crippen molar-refractivity contribution in [1.29, 1.82) is 0 Å². The number of amides is 4. The minimum atomic E-state index is -0.651. The summed E-state index contributed by atoms with van der Waals surface area (Å²) >= 11 is 1.81. The number of carbonyl (C=O) groups excluding carboxylic acids is 3. The van der Waals surface area contributed by atoms with Crippen LogP contribution in [0.15, 0.2) is 72.1 Å². The molecule has 9 heteroatoms. The Morgan fingerprint density at radius 2 is 1.74 bits per heavy atom. The first-order valence-corrected chi connectivity index (χ1v) is 14.3. The molecule has 3 aliphatic rings. The molecule has 0 aliphatic carbocycles. The Labute approximate surface area is 228 Å². The normalized spacial score (nSPS) is 23.6. The third kappa shape index (κ3) is 5.73. The van der Waals surface area contributed by atoms with Gasteiger partial charge in [0.05, 0.1) is 13.1 Å². The largest absolute Gasteiger partial charge is 0.337 e. The summed E-state index contributed by atoms with van der Waals surface area (Å²) in [6.45, 7) is 3.81. The topological polar surface area (TPSA) is 76.2 Å². The zero-order chi connectivity index (χ0) is 26.5. The van der Waals surface area contributed by atoms with Crippen molar-refractivity contribution < 1.29 is 14.4 Å². The molecule has 200 valence electrons. The van der Waals surface area contributed by atoms with Gasteiger partial charge in [0, 0.05) is 31.3 Å². The number of rotatable bonds is 8. The predicted octanol–water partition coefficient (Wildman–Crippen LogP) is 3.47. The molecule has 2 aromatic carbocycles. The first kappa shape index (κ1) is 26.3. The van der Waals surface area contributed by atoms with Gasteiger partial charge in [-0.3, -0.25) is 9.59 Å². The molecule has 1 unspecified atom stereocenters. The van der Waals surface area contributed by atoms with Gasteiger partial charge in [-0.1, -0.05) is 73.7 Å². The molecule has 2 saturated heterocycles. The highest BCUT2D eigenvalue weighted by Crippen LogP contribution is 2.31. The second kappa shape index (κ2) is 12.0. The van der Waals surface area contributed by atoms with Gasteiger partial charge in [-0.2, -0.15) is 0 Å². The van der Waals surface area contributed by atoms with Gasteiger partial charge in [0.2, 0.25) is 11.8 Å². The molecule has 0 aromatic heterocycles. The van der Waals surface area contributed by atoms with Crippen LogP contribution in [0.25, 0.3) is 0 Å². The molecule has 3 atom stereocenters. The number of hydrogen-bond acceptors (Lipinski definition) is 5. The van der Waals surface area contributed by atoms with Crippen molar-refractivity contribution in [2.45, 2.75) is 50.2 Å². The first-order valence-electron chi connectivity index (χ1n) is 13.4. The number of fused-ring (bicyclic) bond motifs is 1. The zero-order valence-electron chi connectivity index (χ0n) is 21.7. The second-order valence-electron chi connectivity index (χ2n) is 9.90. The molecule has 2 aromatic rings. The van der Waals surface area contributed by atoms with Crippen LogP contribution in [0.4, 0.5) is 4.79 Å². The highest BCUT2D eigenvalue weighted by molar-refractivity contribution is 8.03. The lowest BCUT2D eigenvalue weighted by Gasteiger charge is -2.55. The Hall–Kier alpha value is -3.30. The van der Waals surface area contributed by atoms with Gasteiger partial charge < -0.3 is 15.1 Å². The van der Waals surface area contributed by atoms with Crippen molar-refractivity contribution in [3.63, 3.8) is 0 Å². The van der Waals surface area contributed by atoms with Crippen LogP contribution in [-0.4, -0.2) is 81.3 Å². The van der Waals surface area contributed by atoms with Crippen molar-refractivity contribution in [2.24, 2.45) is 0 Å². The number of piperazine rings is 1. The number of thioether (sulfide) groups is 1. The molecule has 1 N–H and O–H groups in total. The average molecular weight is 534 g/mol. The van der Waals surface area contributed by atoms with E-state index in [0.29, 0.717) is 37.8 Å². The van der Waals surface area contributed by atoms with Crippen molar-refractivity contribution in [3.8, 4) is 0 Å². The number of hydrazine groups is 1. The fraction of sp³-hybridized carbons (Fsp3) is 0.414. The van der Waals surface area contributed by atoms with E-state index in [9.17, 15) is 14.4 Å². The number of allylic oxidation sites excluding steroid dienone is 1. The maximum Gasteiger partial charge on any atom is 0.334 e.